The Labute approximate surface area is 165 Å². The highest BCUT2D eigenvalue weighted by Gasteiger charge is 2.33. The highest BCUT2D eigenvalue weighted by Crippen LogP contribution is 2.29. The average Bonchev–Trinajstić information content (AvgIpc) is 3.13. The molecule has 0 fully saturated rings. The molecule has 8 nitrogen and oxygen atoms in total. The zero-order chi connectivity index (χ0) is 21.1. The maximum absolute atomic E-state index is 14.0. The minimum Gasteiger partial charge on any atom is -0.465 e. The topological polar surface area (TPSA) is 111 Å². The highest BCUT2D eigenvalue weighted by atomic mass is 19.1. The van der Waals surface area contributed by atoms with Gasteiger partial charge >= 0.3 is 19.1 Å². The summed E-state index contributed by atoms with van der Waals surface area (Å²) >= 11 is 0. The smallest absolute Gasteiger partial charge is 0.465 e. The van der Waals surface area contributed by atoms with E-state index in [-0.39, 0.29) is 28.0 Å². The number of hydrogen-bond donors (Lipinski definition) is 2. The van der Waals surface area contributed by atoms with Crippen LogP contribution in [0.1, 0.15) is 20.8 Å². The van der Waals surface area contributed by atoms with Gasteiger partial charge in [-0.15, -0.1) is 0 Å². The van der Waals surface area contributed by atoms with Crippen LogP contribution < -0.4 is 5.46 Å². The molecular formula is C19H16BFN2O6. The summed E-state index contributed by atoms with van der Waals surface area (Å²) in [4.78, 5) is 25.1. The van der Waals surface area contributed by atoms with Crippen molar-refractivity contribution in [2.45, 2.75) is 0 Å². The zero-order valence-corrected chi connectivity index (χ0v) is 15.5. The van der Waals surface area contributed by atoms with Crippen molar-refractivity contribution in [3.8, 4) is 16.9 Å². The van der Waals surface area contributed by atoms with Gasteiger partial charge in [0, 0.05) is 5.56 Å². The van der Waals surface area contributed by atoms with Crippen molar-refractivity contribution >= 4 is 24.5 Å². The van der Waals surface area contributed by atoms with Gasteiger partial charge in [0.1, 0.15) is 17.1 Å². The van der Waals surface area contributed by atoms with E-state index in [1.165, 1.54) is 0 Å². The Morgan fingerprint density at radius 3 is 2.28 bits per heavy atom. The van der Waals surface area contributed by atoms with Crippen LogP contribution in [0.2, 0.25) is 0 Å². The third-order valence-electron chi connectivity index (χ3n) is 4.20. The van der Waals surface area contributed by atoms with Crippen LogP contribution in [0.15, 0.2) is 48.5 Å². The Morgan fingerprint density at radius 1 is 1.03 bits per heavy atom. The van der Waals surface area contributed by atoms with Crippen molar-refractivity contribution in [3.05, 3.63) is 65.6 Å². The first-order valence-electron chi connectivity index (χ1n) is 8.40. The van der Waals surface area contributed by atoms with Crippen molar-refractivity contribution in [2.24, 2.45) is 0 Å². The fourth-order valence-corrected chi connectivity index (χ4v) is 2.90. The van der Waals surface area contributed by atoms with E-state index < -0.39 is 24.9 Å². The molecule has 0 spiro atoms. The van der Waals surface area contributed by atoms with E-state index >= 15 is 0 Å². The number of rotatable bonds is 5. The van der Waals surface area contributed by atoms with Gasteiger partial charge in [0.05, 0.1) is 19.9 Å². The van der Waals surface area contributed by atoms with E-state index in [1.54, 1.807) is 30.3 Å². The minimum atomic E-state index is -1.97. The van der Waals surface area contributed by atoms with Crippen molar-refractivity contribution in [2.75, 3.05) is 14.2 Å². The van der Waals surface area contributed by atoms with Crippen LogP contribution in [-0.4, -0.2) is 53.1 Å². The molecule has 0 aliphatic rings. The minimum absolute atomic E-state index is 0.0831. The number of hydrogen-bond acceptors (Lipinski definition) is 7. The first kappa shape index (κ1) is 20.2. The van der Waals surface area contributed by atoms with Gasteiger partial charge in [0.25, 0.3) is 0 Å². The van der Waals surface area contributed by atoms with Crippen LogP contribution in [0.5, 0.6) is 0 Å². The molecule has 10 heteroatoms. The molecule has 1 aromatic heterocycles. The Morgan fingerprint density at radius 2 is 1.69 bits per heavy atom. The molecule has 0 unspecified atom stereocenters. The Balaban J connectivity index is 2.42. The fraction of sp³-hybridized carbons (Fsp3) is 0.105. The number of para-hydroxylation sites is 1. The molecule has 0 bridgehead atoms. The first-order valence-corrected chi connectivity index (χ1v) is 8.40. The number of halogens is 1. The van der Waals surface area contributed by atoms with Gasteiger partial charge in [0.2, 0.25) is 0 Å². The molecule has 1 heterocycles. The second-order valence-electron chi connectivity index (χ2n) is 5.91. The number of carbonyl (C=O) groups is 2. The Hall–Kier alpha value is -3.50. The summed E-state index contributed by atoms with van der Waals surface area (Å²) in [5.74, 6) is -2.50. The monoisotopic (exact) mass is 398 g/mol. The maximum Gasteiger partial charge on any atom is 0.489 e. The number of methoxy groups -OCH3 is 2. The first-order chi connectivity index (χ1) is 13.9. The van der Waals surface area contributed by atoms with Gasteiger partial charge in [0.15, 0.2) is 5.69 Å². The van der Waals surface area contributed by atoms with Crippen molar-refractivity contribution in [3.63, 3.8) is 0 Å². The molecule has 0 aliphatic carbocycles. The quantitative estimate of drug-likeness (QED) is 0.486. The van der Waals surface area contributed by atoms with Crippen LogP contribution in [0, 0.1) is 5.82 Å². The third kappa shape index (κ3) is 3.75. The van der Waals surface area contributed by atoms with Gasteiger partial charge in [-0.3, -0.25) is 0 Å². The number of ether oxygens (including phenoxy) is 2. The number of benzene rings is 2. The molecule has 0 aliphatic heterocycles. The molecule has 0 atom stereocenters. The second kappa shape index (κ2) is 8.25. The van der Waals surface area contributed by atoms with Crippen molar-refractivity contribution < 1.29 is 33.5 Å². The van der Waals surface area contributed by atoms with E-state index in [2.05, 4.69) is 5.10 Å². The van der Waals surface area contributed by atoms with Crippen LogP contribution in [0.3, 0.4) is 0 Å². The van der Waals surface area contributed by atoms with Crippen molar-refractivity contribution in [1.82, 2.24) is 9.78 Å². The molecule has 148 valence electrons. The molecule has 0 radical (unpaired) electrons. The summed E-state index contributed by atoms with van der Waals surface area (Å²) in [6.45, 7) is 0. The van der Waals surface area contributed by atoms with Crippen LogP contribution >= 0.6 is 0 Å². The average molecular weight is 398 g/mol. The second-order valence-corrected chi connectivity index (χ2v) is 5.91. The summed E-state index contributed by atoms with van der Waals surface area (Å²) in [6.07, 6.45) is 0. The van der Waals surface area contributed by atoms with Crippen LogP contribution in [0.4, 0.5) is 4.39 Å². The molecule has 3 aromatic rings. The number of carbonyl (C=O) groups excluding carboxylic acids is 2. The Bertz CT molecular complexity index is 1070. The lowest BCUT2D eigenvalue weighted by atomic mass is 9.76. The van der Waals surface area contributed by atoms with Gasteiger partial charge < -0.3 is 19.5 Å². The normalized spacial score (nSPS) is 10.5. The SMILES string of the molecule is COC(=O)c1c(-c2cc(F)ccc2B(O)O)nn(-c2ccccc2)c1C(=O)OC. The lowest BCUT2D eigenvalue weighted by Crippen LogP contribution is -2.32. The molecular weight excluding hydrogens is 382 g/mol. The van der Waals surface area contributed by atoms with Gasteiger partial charge in [-0.05, 0) is 29.7 Å². The highest BCUT2D eigenvalue weighted by molar-refractivity contribution is 6.60. The van der Waals surface area contributed by atoms with E-state index in [0.29, 0.717) is 5.69 Å². The van der Waals surface area contributed by atoms with Crippen molar-refractivity contribution in [1.29, 1.82) is 0 Å². The molecule has 0 saturated heterocycles. The fourth-order valence-electron chi connectivity index (χ4n) is 2.90. The molecule has 0 saturated carbocycles. The summed E-state index contributed by atoms with van der Waals surface area (Å²) in [7, 11) is 0.274. The predicted octanol–water partition coefficient (Wildman–Crippen LogP) is 0.931. The molecule has 3 rings (SSSR count). The lowest BCUT2D eigenvalue weighted by Gasteiger charge is -2.09. The predicted molar refractivity (Wildman–Crippen MR) is 101 cm³/mol. The molecule has 0 amide bonds. The maximum atomic E-state index is 14.0. The molecule has 2 aromatic carbocycles. The number of aromatic nitrogens is 2. The number of nitrogens with zero attached hydrogens (tertiary/aromatic N) is 2. The van der Waals surface area contributed by atoms with E-state index in [1.807, 2.05) is 0 Å². The standard InChI is InChI=1S/C19H16BFN2O6/c1-28-18(24)15-16(13-10-11(21)8-9-14(13)20(26)27)22-23(17(15)19(25)29-2)12-6-4-3-5-7-12/h3-10,26-27H,1-2H3. The van der Waals surface area contributed by atoms with E-state index in [0.717, 1.165) is 37.1 Å². The zero-order valence-electron chi connectivity index (χ0n) is 15.5. The van der Waals surface area contributed by atoms with E-state index in [9.17, 15) is 24.0 Å². The van der Waals surface area contributed by atoms with Crippen LogP contribution in [0.25, 0.3) is 16.9 Å². The van der Waals surface area contributed by atoms with Gasteiger partial charge in [-0.1, -0.05) is 24.3 Å². The summed E-state index contributed by atoms with van der Waals surface area (Å²) in [5, 5.41) is 23.7. The largest absolute Gasteiger partial charge is 0.489 e. The summed E-state index contributed by atoms with van der Waals surface area (Å²) < 4.78 is 24.7. The number of esters is 2. The van der Waals surface area contributed by atoms with Crippen LogP contribution in [-0.2, 0) is 9.47 Å². The lowest BCUT2D eigenvalue weighted by molar-refractivity contribution is 0.0549. The summed E-state index contributed by atoms with van der Waals surface area (Å²) in [5.41, 5.74) is -0.472. The van der Waals surface area contributed by atoms with Gasteiger partial charge in [-0.2, -0.15) is 5.10 Å². The third-order valence-corrected chi connectivity index (χ3v) is 4.20. The molecule has 29 heavy (non-hydrogen) atoms. The Kier molecular flexibility index (Phi) is 5.76. The van der Waals surface area contributed by atoms with E-state index in [4.69, 9.17) is 9.47 Å². The molecule has 2 N–H and O–H groups in total. The summed E-state index contributed by atoms with van der Waals surface area (Å²) in [6, 6.07) is 11.6. The van der Waals surface area contributed by atoms with Gasteiger partial charge in [-0.25, -0.2) is 18.7 Å².